The minimum absolute atomic E-state index is 0.477. The Morgan fingerprint density at radius 3 is 3.00 bits per heavy atom. The van der Waals surface area contributed by atoms with Crippen LogP contribution in [-0.4, -0.2) is 20.2 Å². The van der Waals surface area contributed by atoms with Gasteiger partial charge in [-0.2, -0.15) is 5.10 Å². The summed E-state index contributed by atoms with van der Waals surface area (Å²) in [5.41, 5.74) is 11.7. The molecule has 0 aliphatic heterocycles. The number of imidazole rings is 1. The lowest BCUT2D eigenvalue weighted by Crippen LogP contribution is -1.98. The van der Waals surface area contributed by atoms with Gasteiger partial charge in [0.25, 0.3) is 0 Å². The minimum atomic E-state index is 0.477. The smallest absolute Gasteiger partial charge is 0.0953 e. The van der Waals surface area contributed by atoms with Crippen molar-refractivity contribution in [1.29, 1.82) is 0 Å². The Balaban J connectivity index is 2.16. The Kier molecular flexibility index (Phi) is 2.19. The van der Waals surface area contributed by atoms with E-state index in [1.165, 1.54) is 0 Å². The van der Waals surface area contributed by atoms with Crippen LogP contribution in [0, 0.1) is 6.92 Å². The predicted octanol–water partition coefficient (Wildman–Crippen LogP) is 1.72. The molecule has 86 valence electrons. The van der Waals surface area contributed by atoms with Gasteiger partial charge >= 0.3 is 0 Å². The largest absolute Gasteiger partial charge is 0.345 e. The third-order valence-electron chi connectivity index (χ3n) is 3.01. The number of hydrogen-bond donors (Lipinski definition) is 3. The van der Waals surface area contributed by atoms with Gasteiger partial charge in [-0.3, -0.25) is 5.10 Å². The van der Waals surface area contributed by atoms with Gasteiger partial charge < -0.3 is 10.7 Å². The van der Waals surface area contributed by atoms with Gasteiger partial charge in [-0.1, -0.05) is 6.07 Å². The molecule has 3 aromatic rings. The average molecular weight is 227 g/mol. The van der Waals surface area contributed by atoms with E-state index in [1.54, 1.807) is 6.33 Å². The third kappa shape index (κ3) is 1.52. The highest BCUT2D eigenvalue weighted by molar-refractivity contribution is 5.81. The molecule has 4 N–H and O–H groups in total. The van der Waals surface area contributed by atoms with Crippen molar-refractivity contribution in [1.82, 2.24) is 20.2 Å². The van der Waals surface area contributed by atoms with Crippen molar-refractivity contribution in [2.45, 2.75) is 13.5 Å². The van der Waals surface area contributed by atoms with Crippen LogP contribution < -0.4 is 5.73 Å². The zero-order valence-electron chi connectivity index (χ0n) is 9.49. The van der Waals surface area contributed by atoms with E-state index in [2.05, 4.69) is 20.2 Å². The molecule has 2 heterocycles. The molecule has 0 atom stereocenters. The van der Waals surface area contributed by atoms with Crippen molar-refractivity contribution in [3.05, 3.63) is 35.8 Å². The number of rotatable bonds is 2. The van der Waals surface area contributed by atoms with Crippen LogP contribution in [0.4, 0.5) is 0 Å². The molecule has 0 saturated carbocycles. The fourth-order valence-electron chi connectivity index (χ4n) is 2.00. The second-order valence-corrected chi connectivity index (χ2v) is 4.01. The lowest BCUT2D eigenvalue weighted by molar-refractivity contribution is 0.941. The Morgan fingerprint density at radius 2 is 2.24 bits per heavy atom. The summed E-state index contributed by atoms with van der Waals surface area (Å²) < 4.78 is 0. The topological polar surface area (TPSA) is 83.4 Å². The number of benzene rings is 1. The van der Waals surface area contributed by atoms with Crippen molar-refractivity contribution in [2.24, 2.45) is 5.73 Å². The number of nitrogens with one attached hydrogen (secondary N) is 2. The summed E-state index contributed by atoms with van der Waals surface area (Å²) in [6.45, 7) is 2.50. The lowest BCUT2D eigenvalue weighted by Gasteiger charge is -1.99. The lowest BCUT2D eigenvalue weighted by atomic mass is 10.1. The molecule has 0 saturated heterocycles. The summed E-state index contributed by atoms with van der Waals surface area (Å²) in [6, 6.07) is 6.05. The fraction of sp³-hybridized carbons (Fsp3) is 0.167. The van der Waals surface area contributed by atoms with E-state index in [0.29, 0.717) is 6.54 Å². The van der Waals surface area contributed by atoms with E-state index in [4.69, 9.17) is 5.73 Å². The minimum Gasteiger partial charge on any atom is -0.345 e. The summed E-state index contributed by atoms with van der Waals surface area (Å²) in [7, 11) is 0. The number of nitrogens with two attached hydrogens (primary N) is 1. The van der Waals surface area contributed by atoms with E-state index in [9.17, 15) is 0 Å². The van der Waals surface area contributed by atoms with Gasteiger partial charge in [-0.05, 0) is 24.6 Å². The van der Waals surface area contributed by atoms with Crippen molar-refractivity contribution in [3.8, 4) is 11.3 Å². The summed E-state index contributed by atoms with van der Waals surface area (Å²) >= 11 is 0. The van der Waals surface area contributed by atoms with Crippen LogP contribution in [0.1, 0.15) is 11.3 Å². The molecule has 5 nitrogen and oxygen atoms in total. The molecular weight excluding hydrogens is 214 g/mol. The first-order valence-corrected chi connectivity index (χ1v) is 5.47. The standard InChI is InChI=1S/C12H13N5/c1-7-11(5-13)16-17-12(7)8-2-3-9-10(4-8)15-6-14-9/h2-4,6H,5,13H2,1H3,(H,14,15)(H,16,17). The van der Waals surface area contributed by atoms with Crippen molar-refractivity contribution >= 4 is 11.0 Å². The SMILES string of the molecule is Cc1c(-c2ccc3nc[nH]c3c2)n[nH]c1CN. The maximum Gasteiger partial charge on any atom is 0.0953 e. The van der Waals surface area contributed by atoms with Crippen molar-refractivity contribution < 1.29 is 0 Å². The molecule has 17 heavy (non-hydrogen) atoms. The van der Waals surface area contributed by atoms with E-state index in [1.807, 2.05) is 25.1 Å². The van der Waals surface area contributed by atoms with Crippen LogP contribution in [0.25, 0.3) is 22.3 Å². The van der Waals surface area contributed by atoms with Gasteiger partial charge in [-0.25, -0.2) is 4.98 Å². The third-order valence-corrected chi connectivity index (χ3v) is 3.01. The van der Waals surface area contributed by atoms with Gasteiger partial charge in [0.1, 0.15) is 0 Å². The maximum absolute atomic E-state index is 5.63. The van der Waals surface area contributed by atoms with Gasteiger partial charge in [0.05, 0.1) is 28.7 Å². The highest BCUT2D eigenvalue weighted by atomic mass is 15.1. The Hall–Kier alpha value is -2.14. The number of H-pyrrole nitrogens is 2. The number of aromatic nitrogens is 4. The van der Waals surface area contributed by atoms with Gasteiger partial charge in [0.2, 0.25) is 0 Å². The van der Waals surface area contributed by atoms with E-state index >= 15 is 0 Å². The molecular formula is C12H13N5. The molecule has 0 aliphatic carbocycles. The first-order valence-electron chi connectivity index (χ1n) is 5.47. The molecule has 3 rings (SSSR count). The number of fused-ring (bicyclic) bond motifs is 1. The van der Waals surface area contributed by atoms with Crippen LogP contribution in [0.2, 0.25) is 0 Å². The first kappa shape index (κ1) is 10.0. The molecule has 0 bridgehead atoms. The molecule has 0 radical (unpaired) electrons. The summed E-state index contributed by atoms with van der Waals surface area (Å²) in [5.74, 6) is 0. The van der Waals surface area contributed by atoms with Crippen LogP contribution in [-0.2, 0) is 6.54 Å². The second-order valence-electron chi connectivity index (χ2n) is 4.01. The van der Waals surface area contributed by atoms with Gasteiger partial charge in [0.15, 0.2) is 0 Å². The zero-order valence-corrected chi connectivity index (χ0v) is 9.49. The molecule has 0 fully saturated rings. The molecule has 0 amide bonds. The molecule has 2 aromatic heterocycles. The second kappa shape index (κ2) is 3.71. The summed E-state index contributed by atoms with van der Waals surface area (Å²) in [4.78, 5) is 7.29. The molecule has 0 spiro atoms. The number of hydrogen-bond acceptors (Lipinski definition) is 3. The predicted molar refractivity (Wildman–Crippen MR) is 66.3 cm³/mol. The first-order chi connectivity index (χ1) is 8.29. The van der Waals surface area contributed by atoms with Crippen LogP contribution in [0.3, 0.4) is 0 Å². The molecule has 5 heteroatoms. The fourth-order valence-corrected chi connectivity index (χ4v) is 2.00. The highest BCUT2D eigenvalue weighted by Crippen LogP contribution is 2.25. The van der Waals surface area contributed by atoms with E-state index < -0.39 is 0 Å². The summed E-state index contributed by atoms with van der Waals surface area (Å²) in [5, 5.41) is 7.27. The monoisotopic (exact) mass is 227 g/mol. The maximum atomic E-state index is 5.63. The van der Waals surface area contributed by atoms with Crippen molar-refractivity contribution in [2.75, 3.05) is 0 Å². The average Bonchev–Trinajstić information content (AvgIpc) is 2.94. The zero-order chi connectivity index (χ0) is 11.8. The normalized spacial score (nSPS) is 11.2. The number of aromatic amines is 2. The van der Waals surface area contributed by atoms with E-state index in [-0.39, 0.29) is 0 Å². The molecule has 0 aliphatic rings. The Labute approximate surface area is 98.1 Å². The van der Waals surface area contributed by atoms with Crippen LogP contribution in [0.5, 0.6) is 0 Å². The van der Waals surface area contributed by atoms with Crippen LogP contribution in [0.15, 0.2) is 24.5 Å². The quantitative estimate of drug-likeness (QED) is 0.623. The van der Waals surface area contributed by atoms with Crippen molar-refractivity contribution in [3.63, 3.8) is 0 Å². The molecule has 0 unspecified atom stereocenters. The van der Waals surface area contributed by atoms with Gasteiger partial charge in [-0.15, -0.1) is 0 Å². The Morgan fingerprint density at radius 1 is 1.35 bits per heavy atom. The Bertz CT molecular complexity index is 664. The number of nitrogens with zero attached hydrogens (tertiary/aromatic N) is 2. The molecule has 1 aromatic carbocycles. The van der Waals surface area contributed by atoms with Gasteiger partial charge in [0, 0.05) is 12.1 Å². The highest BCUT2D eigenvalue weighted by Gasteiger charge is 2.10. The van der Waals surface area contributed by atoms with E-state index in [0.717, 1.165) is 33.5 Å². The van der Waals surface area contributed by atoms with Crippen LogP contribution >= 0.6 is 0 Å². The summed E-state index contributed by atoms with van der Waals surface area (Å²) in [6.07, 6.45) is 1.69.